The molecular weight excluding hydrogens is 254 g/mol. The molecule has 100 valence electrons. The first kappa shape index (κ1) is 14.6. The molecule has 0 aromatic carbocycles. The maximum atomic E-state index is 11.6. The molecule has 0 radical (unpaired) electrons. The van der Waals surface area contributed by atoms with Crippen LogP contribution in [0.25, 0.3) is 0 Å². The van der Waals surface area contributed by atoms with Crippen molar-refractivity contribution in [1.29, 1.82) is 0 Å². The third kappa shape index (κ3) is 5.22. The van der Waals surface area contributed by atoms with Gasteiger partial charge in [-0.25, -0.2) is 4.79 Å². The van der Waals surface area contributed by atoms with Gasteiger partial charge < -0.3 is 10.4 Å². The molecule has 3 N–H and O–H groups in total. The molecule has 0 aliphatic rings. The van der Waals surface area contributed by atoms with Gasteiger partial charge in [-0.15, -0.1) is 0 Å². The van der Waals surface area contributed by atoms with Crippen molar-refractivity contribution in [1.82, 2.24) is 15.5 Å². The molecule has 0 bridgehead atoms. The zero-order valence-corrected chi connectivity index (χ0v) is 11.0. The van der Waals surface area contributed by atoms with Gasteiger partial charge in [0.2, 0.25) is 5.91 Å². The Kier molecular flexibility index (Phi) is 6.27. The number of H-pyrrole nitrogens is 1. The zero-order chi connectivity index (χ0) is 13.4. The highest BCUT2D eigenvalue weighted by molar-refractivity contribution is 7.98. The largest absolute Gasteiger partial charge is 0.480 e. The van der Waals surface area contributed by atoms with Crippen molar-refractivity contribution in [3.63, 3.8) is 0 Å². The minimum atomic E-state index is -0.985. The van der Waals surface area contributed by atoms with E-state index < -0.39 is 12.0 Å². The summed E-state index contributed by atoms with van der Waals surface area (Å²) in [5, 5.41) is 17.9. The van der Waals surface area contributed by atoms with Crippen LogP contribution < -0.4 is 5.32 Å². The molecule has 1 aromatic rings. The molecule has 18 heavy (non-hydrogen) atoms. The second-order valence-electron chi connectivity index (χ2n) is 3.85. The van der Waals surface area contributed by atoms with Crippen LogP contribution in [-0.4, -0.2) is 45.2 Å². The van der Waals surface area contributed by atoms with E-state index in [-0.39, 0.29) is 12.3 Å². The van der Waals surface area contributed by atoms with E-state index in [9.17, 15) is 9.59 Å². The average molecular weight is 271 g/mol. The Morgan fingerprint density at radius 2 is 2.39 bits per heavy atom. The third-order valence-corrected chi connectivity index (χ3v) is 3.08. The van der Waals surface area contributed by atoms with E-state index in [2.05, 4.69) is 15.5 Å². The highest BCUT2D eigenvalue weighted by Gasteiger charge is 2.18. The van der Waals surface area contributed by atoms with Gasteiger partial charge in [0.25, 0.3) is 0 Å². The van der Waals surface area contributed by atoms with Crippen molar-refractivity contribution in [2.45, 2.75) is 25.3 Å². The number of thioether (sulfide) groups is 1. The lowest BCUT2D eigenvalue weighted by molar-refractivity contribution is -0.141. The first-order valence-electron chi connectivity index (χ1n) is 5.62. The quantitative estimate of drug-likeness (QED) is 0.646. The second kappa shape index (κ2) is 7.75. The van der Waals surface area contributed by atoms with Crippen LogP contribution in [0, 0.1) is 0 Å². The first-order chi connectivity index (χ1) is 8.63. The maximum Gasteiger partial charge on any atom is 0.326 e. The number of carbonyl (C=O) groups is 2. The van der Waals surface area contributed by atoms with Gasteiger partial charge in [-0.05, 0) is 30.4 Å². The number of hydrogen-bond donors (Lipinski definition) is 3. The van der Waals surface area contributed by atoms with Gasteiger partial charge >= 0.3 is 5.97 Å². The number of aliphatic carboxylic acids is 1. The number of hydrogen-bond acceptors (Lipinski definition) is 4. The van der Waals surface area contributed by atoms with Crippen molar-refractivity contribution in [3.05, 3.63) is 18.0 Å². The molecule has 6 nitrogen and oxygen atoms in total. The zero-order valence-electron chi connectivity index (χ0n) is 10.2. The summed E-state index contributed by atoms with van der Waals surface area (Å²) in [5.41, 5.74) is 0.932. The molecule has 1 heterocycles. The Morgan fingerprint density at radius 1 is 1.61 bits per heavy atom. The van der Waals surface area contributed by atoms with E-state index in [1.165, 1.54) is 0 Å². The van der Waals surface area contributed by atoms with Gasteiger partial charge in [0, 0.05) is 12.6 Å². The fourth-order valence-corrected chi connectivity index (χ4v) is 1.90. The lowest BCUT2D eigenvalue weighted by Gasteiger charge is -2.13. The summed E-state index contributed by atoms with van der Waals surface area (Å²) in [7, 11) is 0. The summed E-state index contributed by atoms with van der Waals surface area (Å²) in [6, 6.07) is -0.797. The highest BCUT2D eigenvalue weighted by atomic mass is 32.2. The third-order valence-electron chi connectivity index (χ3n) is 2.44. The summed E-state index contributed by atoms with van der Waals surface area (Å²) in [6.45, 7) is 0. The molecule has 0 aliphatic heterocycles. The maximum absolute atomic E-state index is 11.6. The number of rotatable bonds is 8. The number of aromatic amines is 1. The Morgan fingerprint density at radius 3 is 2.94 bits per heavy atom. The molecule has 0 unspecified atom stereocenters. The van der Waals surface area contributed by atoms with Gasteiger partial charge in [0.15, 0.2) is 0 Å². The van der Waals surface area contributed by atoms with Crippen molar-refractivity contribution < 1.29 is 14.7 Å². The van der Waals surface area contributed by atoms with E-state index in [1.807, 2.05) is 6.26 Å². The smallest absolute Gasteiger partial charge is 0.326 e. The van der Waals surface area contributed by atoms with E-state index in [0.29, 0.717) is 18.6 Å². The van der Waals surface area contributed by atoms with E-state index in [0.717, 1.165) is 5.56 Å². The Hall–Kier alpha value is -1.50. The summed E-state index contributed by atoms with van der Waals surface area (Å²) in [6.07, 6.45) is 6.53. The van der Waals surface area contributed by atoms with Crippen molar-refractivity contribution >= 4 is 23.6 Å². The van der Waals surface area contributed by atoms with Crippen LogP contribution in [0.1, 0.15) is 18.4 Å². The second-order valence-corrected chi connectivity index (χ2v) is 4.83. The van der Waals surface area contributed by atoms with E-state index >= 15 is 0 Å². The fraction of sp³-hybridized carbons (Fsp3) is 0.545. The van der Waals surface area contributed by atoms with Crippen molar-refractivity contribution in [2.75, 3.05) is 12.0 Å². The molecule has 0 aliphatic carbocycles. The van der Waals surface area contributed by atoms with Crippen LogP contribution in [0.4, 0.5) is 0 Å². The lowest BCUT2D eigenvalue weighted by atomic mass is 10.1. The number of aromatic nitrogens is 2. The predicted octanol–water partition coefficient (Wildman–Crippen LogP) is 0.665. The lowest BCUT2D eigenvalue weighted by Crippen LogP contribution is -2.41. The molecular formula is C11H17N3O3S. The Balaban J connectivity index is 2.34. The molecule has 7 heteroatoms. The summed E-state index contributed by atoms with van der Waals surface area (Å²) in [5.74, 6) is -0.524. The first-order valence-corrected chi connectivity index (χ1v) is 7.01. The Bertz CT molecular complexity index is 381. The Labute approximate surface area is 110 Å². The van der Waals surface area contributed by atoms with Crippen LogP contribution in [0.15, 0.2) is 12.4 Å². The number of carbonyl (C=O) groups excluding carboxylic acids is 1. The number of carboxylic acid groups (broad SMARTS) is 1. The number of aryl methyl sites for hydroxylation is 1. The van der Waals surface area contributed by atoms with Gasteiger partial charge in [-0.2, -0.15) is 16.9 Å². The number of amides is 1. The number of nitrogens with one attached hydrogen (secondary N) is 2. The molecule has 1 rings (SSSR count). The topological polar surface area (TPSA) is 95.1 Å². The van der Waals surface area contributed by atoms with Crippen molar-refractivity contribution in [3.8, 4) is 0 Å². The van der Waals surface area contributed by atoms with Crippen molar-refractivity contribution in [2.24, 2.45) is 0 Å². The summed E-state index contributed by atoms with van der Waals surface area (Å²) >= 11 is 1.56. The van der Waals surface area contributed by atoms with Gasteiger partial charge in [-0.1, -0.05) is 0 Å². The predicted molar refractivity (Wildman–Crippen MR) is 69.5 cm³/mol. The van der Waals surface area contributed by atoms with Crippen LogP contribution >= 0.6 is 11.8 Å². The molecule has 1 aromatic heterocycles. The average Bonchev–Trinajstić information content (AvgIpc) is 2.84. The number of nitrogens with zero attached hydrogens (tertiary/aromatic N) is 1. The van der Waals surface area contributed by atoms with Crippen LogP contribution in [0.3, 0.4) is 0 Å². The van der Waals surface area contributed by atoms with E-state index in [4.69, 9.17) is 5.11 Å². The van der Waals surface area contributed by atoms with Gasteiger partial charge in [0.05, 0.1) is 6.20 Å². The summed E-state index contributed by atoms with van der Waals surface area (Å²) < 4.78 is 0. The van der Waals surface area contributed by atoms with Gasteiger partial charge in [0.1, 0.15) is 6.04 Å². The fourth-order valence-electron chi connectivity index (χ4n) is 1.43. The molecule has 0 fully saturated rings. The molecule has 1 amide bonds. The normalized spacial score (nSPS) is 12.1. The molecule has 0 saturated carbocycles. The monoisotopic (exact) mass is 271 g/mol. The molecule has 0 saturated heterocycles. The summed E-state index contributed by atoms with van der Waals surface area (Å²) in [4.78, 5) is 22.5. The van der Waals surface area contributed by atoms with Gasteiger partial charge in [-0.3, -0.25) is 9.89 Å². The highest BCUT2D eigenvalue weighted by Crippen LogP contribution is 2.03. The standard InChI is InChI=1S/C11H17N3O3S/c1-18-5-4-9(11(16)17)14-10(15)3-2-8-6-12-13-7-8/h6-7,9H,2-5H2,1H3,(H,12,13)(H,14,15)(H,16,17)/t9-/m0/s1. The molecule has 0 spiro atoms. The van der Waals surface area contributed by atoms with E-state index in [1.54, 1.807) is 24.2 Å². The van der Waals surface area contributed by atoms with Crippen LogP contribution in [-0.2, 0) is 16.0 Å². The van der Waals surface area contributed by atoms with Crippen LogP contribution in [0.2, 0.25) is 0 Å². The molecule has 1 atom stereocenters. The SMILES string of the molecule is CSCC[C@H](NC(=O)CCc1cn[nH]c1)C(=O)O. The van der Waals surface area contributed by atoms with Crippen LogP contribution in [0.5, 0.6) is 0 Å². The number of carboxylic acids is 1. The minimum Gasteiger partial charge on any atom is -0.480 e. The minimum absolute atomic E-state index is 0.246.